The highest BCUT2D eigenvalue weighted by atomic mass is 79.9. The highest BCUT2D eigenvalue weighted by Crippen LogP contribution is 2.26. The smallest absolute Gasteiger partial charge is 0.265 e. The zero-order chi connectivity index (χ0) is 15.4. The molecule has 2 aromatic rings. The molecule has 2 aromatic carbocycles. The van der Waals surface area contributed by atoms with Crippen LogP contribution >= 0.6 is 15.9 Å². The second-order valence-electron chi connectivity index (χ2n) is 4.83. The molecule has 0 fully saturated rings. The molecule has 0 heterocycles. The van der Waals surface area contributed by atoms with Crippen molar-refractivity contribution < 1.29 is 9.53 Å². The van der Waals surface area contributed by atoms with E-state index in [4.69, 9.17) is 10.6 Å². The van der Waals surface area contributed by atoms with Gasteiger partial charge in [-0.2, -0.15) is 0 Å². The average molecular weight is 349 g/mol. The maximum atomic E-state index is 11.3. The van der Waals surface area contributed by atoms with Gasteiger partial charge in [0, 0.05) is 10.0 Å². The van der Waals surface area contributed by atoms with Gasteiger partial charge in [0.05, 0.1) is 0 Å². The monoisotopic (exact) mass is 348 g/mol. The lowest BCUT2D eigenvalue weighted by Gasteiger charge is -2.10. The molecule has 0 aliphatic rings. The topological polar surface area (TPSA) is 64.3 Å². The third kappa shape index (κ3) is 3.83. The van der Waals surface area contributed by atoms with E-state index in [2.05, 4.69) is 21.4 Å². The second-order valence-corrected chi connectivity index (χ2v) is 5.62. The van der Waals surface area contributed by atoms with Crippen LogP contribution in [0.15, 0.2) is 40.9 Å². The van der Waals surface area contributed by atoms with Crippen molar-refractivity contribution in [3.05, 3.63) is 63.1 Å². The first-order chi connectivity index (χ1) is 10.0. The van der Waals surface area contributed by atoms with Crippen LogP contribution in [0.4, 0.5) is 0 Å². The number of nitrogen functional groups attached to an aromatic ring is 1. The number of halogens is 1. The average Bonchev–Trinajstić information content (AvgIpc) is 2.50. The summed E-state index contributed by atoms with van der Waals surface area (Å²) in [4.78, 5) is 11.3. The van der Waals surface area contributed by atoms with E-state index in [0.29, 0.717) is 12.2 Å². The number of benzene rings is 2. The van der Waals surface area contributed by atoms with Crippen LogP contribution in [0.5, 0.6) is 5.75 Å². The molecule has 0 atom stereocenters. The van der Waals surface area contributed by atoms with Crippen LogP contribution in [0.2, 0.25) is 0 Å². The van der Waals surface area contributed by atoms with E-state index < -0.39 is 0 Å². The van der Waals surface area contributed by atoms with Gasteiger partial charge in [0.25, 0.3) is 5.91 Å². The molecule has 0 bridgehead atoms. The van der Waals surface area contributed by atoms with Crippen molar-refractivity contribution in [2.24, 2.45) is 5.84 Å². The molecule has 1 amide bonds. The number of nitrogens with two attached hydrogens (primary N) is 1. The van der Waals surface area contributed by atoms with Crippen molar-refractivity contribution in [2.75, 3.05) is 0 Å². The molecule has 0 aliphatic heterocycles. The lowest BCUT2D eigenvalue weighted by atomic mass is 10.1. The Balaban J connectivity index is 2.05. The summed E-state index contributed by atoms with van der Waals surface area (Å²) in [6.07, 6.45) is 0. The predicted molar refractivity (Wildman–Crippen MR) is 86.0 cm³/mol. The van der Waals surface area contributed by atoms with Crippen molar-refractivity contribution in [3.8, 4) is 5.75 Å². The van der Waals surface area contributed by atoms with Gasteiger partial charge in [-0.25, -0.2) is 5.84 Å². The van der Waals surface area contributed by atoms with Gasteiger partial charge < -0.3 is 4.74 Å². The standard InChI is InChI=1S/C16H17BrN2O2/c1-10-7-14(8-11(2)15(10)17)21-9-12-3-5-13(6-4-12)16(20)19-18/h3-8H,9,18H2,1-2H3,(H,19,20). The molecule has 3 N–H and O–H groups in total. The Hall–Kier alpha value is -1.85. The molecule has 2 rings (SSSR count). The number of carbonyl (C=O) groups excluding carboxylic acids is 1. The Morgan fingerprint density at radius 1 is 1.19 bits per heavy atom. The number of amides is 1. The summed E-state index contributed by atoms with van der Waals surface area (Å²) in [7, 11) is 0. The van der Waals surface area contributed by atoms with Crippen LogP contribution in [0.1, 0.15) is 27.0 Å². The van der Waals surface area contributed by atoms with Crippen molar-refractivity contribution >= 4 is 21.8 Å². The lowest BCUT2D eigenvalue weighted by Crippen LogP contribution is -2.29. The van der Waals surface area contributed by atoms with Crippen molar-refractivity contribution in [1.29, 1.82) is 0 Å². The van der Waals surface area contributed by atoms with Gasteiger partial charge in [-0.05, 0) is 54.8 Å². The van der Waals surface area contributed by atoms with E-state index in [0.717, 1.165) is 26.9 Å². The van der Waals surface area contributed by atoms with Crippen LogP contribution in [-0.2, 0) is 6.61 Å². The van der Waals surface area contributed by atoms with Crippen LogP contribution in [0, 0.1) is 13.8 Å². The minimum Gasteiger partial charge on any atom is -0.489 e. The summed E-state index contributed by atoms with van der Waals surface area (Å²) >= 11 is 3.53. The Labute approximate surface area is 132 Å². The number of ether oxygens (including phenoxy) is 1. The summed E-state index contributed by atoms with van der Waals surface area (Å²) in [5.41, 5.74) is 5.89. The number of hydrogen-bond acceptors (Lipinski definition) is 3. The third-order valence-corrected chi connectivity index (χ3v) is 4.41. The molecule has 0 spiro atoms. The minimum atomic E-state index is -0.304. The first kappa shape index (κ1) is 15.5. The number of aryl methyl sites for hydroxylation is 2. The first-order valence-corrected chi connectivity index (χ1v) is 7.30. The summed E-state index contributed by atoms with van der Waals surface area (Å²) in [6, 6.07) is 11.1. The Bertz CT molecular complexity index is 631. The molecule has 4 nitrogen and oxygen atoms in total. The zero-order valence-electron chi connectivity index (χ0n) is 11.9. The normalized spacial score (nSPS) is 10.3. The fourth-order valence-electron chi connectivity index (χ4n) is 1.99. The van der Waals surface area contributed by atoms with Crippen molar-refractivity contribution in [2.45, 2.75) is 20.5 Å². The number of hydrazine groups is 1. The number of carbonyl (C=O) groups is 1. The van der Waals surface area contributed by atoms with Crippen molar-refractivity contribution in [1.82, 2.24) is 5.43 Å². The van der Waals surface area contributed by atoms with Crippen molar-refractivity contribution in [3.63, 3.8) is 0 Å². The lowest BCUT2D eigenvalue weighted by molar-refractivity contribution is 0.0953. The Morgan fingerprint density at radius 2 is 1.76 bits per heavy atom. The van der Waals surface area contributed by atoms with Gasteiger partial charge in [0.1, 0.15) is 12.4 Å². The van der Waals surface area contributed by atoms with Crippen LogP contribution < -0.4 is 16.0 Å². The number of rotatable bonds is 4. The van der Waals surface area contributed by atoms with E-state index in [9.17, 15) is 4.79 Å². The van der Waals surface area contributed by atoms with Gasteiger partial charge in [0.2, 0.25) is 0 Å². The second kappa shape index (κ2) is 6.74. The summed E-state index contributed by atoms with van der Waals surface area (Å²) < 4.78 is 6.89. The molecule has 5 heteroatoms. The summed E-state index contributed by atoms with van der Waals surface area (Å²) in [6.45, 7) is 4.51. The minimum absolute atomic E-state index is 0.304. The predicted octanol–water partition coefficient (Wildman–Crippen LogP) is 3.25. The Morgan fingerprint density at radius 3 is 2.29 bits per heavy atom. The van der Waals surface area contributed by atoms with Gasteiger partial charge in [-0.1, -0.05) is 28.1 Å². The molecule has 0 aliphatic carbocycles. The van der Waals surface area contributed by atoms with E-state index in [1.807, 2.05) is 38.1 Å². The largest absolute Gasteiger partial charge is 0.489 e. The van der Waals surface area contributed by atoms with Gasteiger partial charge in [-0.3, -0.25) is 10.2 Å². The summed E-state index contributed by atoms with van der Waals surface area (Å²) in [5, 5.41) is 0. The van der Waals surface area contributed by atoms with E-state index in [1.54, 1.807) is 12.1 Å². The first-order valence-electron chi connectivity index (χ1n) is 6.50. The highest BCUT2D eigenvalue weighted by molar-refractivity contribution is 9.10. The van der Waals surface area contributed by atoms with Gasteiger partial charge in [0.15, 0.2) is 0 Å². The summed E-state index contributed by atoms with van der Waals surface area (Å²) in [5.74, 6) is 5.62. The molecule has 0 radical (unpaired) electrons. The van der Waals surface area contributed by atoms with Gasteiger partial charge >= 0.3 is 0 Å². The molecular formula is C16H17BrN2O2. The molecule has 0 saturated heterocycles. The van der Waals surface area contributed by atoms with Crippen LogP contribution in [-0.4, -0.2) is 5.91 Å². The number of nitrogens with one attached hydrogen (secondary N) is 1. The quantitative estimate of drug-likeness (QED) is 0.506. The highest BCUT2D eigenvalue weighted by Gasteiger charge is 2.05. The maximum absolute atomic E-state index is 11.3. The van der Waals surface area contributed by atoms with Crippen LogP contribution in [0.25, 0.3) is 0 Å². The maximum Gasteiger partial charge on any atom is 0.265 e. The molecule has 0 saturated carbocycles. The third-order valence-electron chi connectivity index (χ3n) is 3.16. The van der Waals surface area contributed by atoms with E-state index in [-0.39, 0.29) is 5.91 Å². The zero-order valence-corrected chi connectivity index (χ0v) is 13.5. The molecule has 110 valence electrons. The van der Waals surface area contributed by atoms with E-state index >= 15 is 0 Å². The fraction of sp³-hybridized carbons (Fsp3) is 0.188. The molecule has 21 heavy (non-hydrogen) atoms. The Kier molecular flexibility index (Phi) is 4.98. The SMILES string of the molecule is Cc1cc(OCc2ccc(C(=O)NN)cc2)cc(C)c1Br. The molecule has 0 aromatic heterocycles. The molecule has 0 unspecified atom stereocenters. The molecular weight excluding hydrogens is 332 g/mol. The number of hydrogen-bond donors (Lipinski definition) is 2. The fourth-order valence-corrected chi connectivity index (χ4v) is 2.22. The van der Waals surface area contributed by atoms with E-state index in [1.165, 1.54) is 0 Å². The van der Waals surface area contributed by atoms with Gasteiger partial charge in [-0.15, -0.1) is 0 Å². The van der Waals surface area contributed by atoms with Crippen LogP contribution in [0.3, 0.4) is 0 Å².